The van der Waals surface area contributed by atoms with Crippen LogP contribution in [0.1, 0.15) is 18.4 Å². The Kier molecular flexibility index (Phi) is 7.19. The van der Waals surface area contributed by atoms with Gasteiger partial charge in [0.1, 0.15) is 6.04 Å². The summed E-state index contributed by atoms with van der Waals surface area (Å²) in [6.45, 7) is 1.000. The highest BCUT2D eigenvalue weighted by Crippen LogP contribution is 2.18. The molecule has 0 spiro atoms. The van der Waals surface area contributed by atoms with Crippen LogP contribution >= 0.6 is 0 Å². The normalized spacial score (nSPS) is 19.1. The number of amides is 2. The van der Waals surface area contributed by atoms with E-state index in [1.165, 1.54) is 0 Å². The van der Waals surface area contributed by atoms with Crippen molar-refractivity contribution in [1.82, 2.24) is 15.5 Å². The number of hydrogen-bond acceptors (Lipinski definition) is 5. The van der Waals surface area contributed by atoms with E-state index in [1.54, 1.807) is 0 Å². The summed E-state index contributed by atoms with van der Waals surface area (Å²) in [7, 11) is 1.92. The highest BCUT2D eigenvalue weighted by molar-refractivity contribution is 5.90. The van der Waals surface area contributed by atoms with Gasteiger partial charge in [-0.2, -0.15) is 0 Å². The lowest BCUT2D eigenvalue weighted by molar-refractivity contribution is -0.131. The third-order valence-corrected chi connectivity index (χ3v) is 5.49. The number of nitrogens with one attached hydrogen (secondary N) is 2. The number of rotatable bonds is 8. The minimum Gasteiger partial charge on any atom is -0.390 e. The Morgan fingerprint density at radius 2 is 2.00 bits per heavy atom. The van der Waals surface area contributed by atoms with E-state index in [-0.39, 0.29) is 30.9 Å². The van der Waals surface area contributed by atoms with E-state index in [1.807, 2.05) is 54.4 Å². The van der Waals surface area contributed by atoms with Crippen LogP contribution in [-0.4, -0.2) is 66.7 Å². The molecule has 156 valence electrons. The quantitative estimate of drug-likeness (QED) is 0.515. The number of fused-ring (bicyclic) bond motifs is 1. The highest BCUT2D eigenvalue weighted by atomic mass is 16.3. The smallest absolute Gasteiger partial charge is 0.243 e. The van der Waals surface area contributed by atoms with E-state index in [9.17, 15) is 14.7 Å². The van der Waals surface area contributed by atoms with Crippen LogP contribution < -0.4 is 16.4 Å². The number of carbonyl (C=O) groups is 2. The van der Waals surface area contributed by atoms with Crippen molar-refractivity contribution in [3.63, 3.8) is 0 Å². The Hall–Kier alpha value is -2.48. The maximum absolute atomic E-state index is 12.8. The molecule has 1 aliphatic rings. The predicted octanol–water partition coefficient (Wildman–Crippen LogP) is 0.397. The molecule has 3 unspecified atom stereocenters. The molecule has 0 aliphatic carbocycles. The van der Waals surface area contributed by atoms with Gasteiger partial charge >= 0.3 is 0 Å². The van der Waals surface area contributed by atoms with E-state index < -0.39 is 12.1 Å². The average molecular weight is 399 g/mol. The number of nitrogens with zero attached hydrogens (tertiary/aromatic N) is 1. The fourth-order valence-electron chi connectivity index (χ4n) is 3.75. The molecule has 2 amide bonds. The molecule has 5 N–H and O–H groups in total. The molecule has 0 bridgehead atoms. The van der Waals surface area contributed by atoms with Crippen LogP contribution in [0.25, 0.3) is 10.8 Å². The van der Waals surface area contributed by atoms with Gasteiger partial charge in [-0.3, -0.25) is 14.5 Å². The zero-order chi connectivity index (χ0) is 20.8. The van der Waals surface area contributed by atoms with Gasteiger partial charge in [0.15, 0.2) is 0 Å². The minimum absolute atomic E-state index is 0.0583. The van der Waals surface area contributed by atoms with E-state index in [0.29, 0.717) is 6.42 Å². The Bertz CT molecular complexity index is 857. The molecule has 0 radical (unpaired) electrons. The lowest BCUT2D eigenvalue weighted by Gasteiger charge is -2.24. The van der Waals surface area contributed by atoms with Gasteiger partial charge in [-0.1, -0.05) is 42.5 Å². The molecule has 29 heavy (non-hydrogen) atoms. The van der Waals surface area contributed by atoms with Gasteiger partial charge in [0.2, 0.25) is 11.8 Å². The number of hydrogen-bond donors (Lipinski definition) is 4. The number of likely N-dealkylation sites (N-methyl/N-ethyl adjacent to an activating group) is 1. The van der Waals surface area contributed by atoms with Crippen molar-refractivity contribution in [2.75, 3.05) is 26.7 Å². The van der Waals surface area contributed by atoms with Crippen molar-refractivity contribution < 1.29 is 14.7 Å². The summed E-state index contributed by atoms with van der Waals surface area (Å²) in [5.74, 6) is -0.454. The van der Waals surface area contributed by atoms with Crippen LogP contribution in [0.5, 0.6) is 0 Å². The maximum atomic E-state index is 12.8. The first-order valence-corrected chi connectivity index (χ1v) is 10.1. The molecule has 2 aromatic rings. The van der Waals surface area contributed by atoms with Gasteiger partial charge in [-0.25, -0.2) is 0 Å². The standard InChI is InChI=1S/C22H30N4O3/c1-26-10-4-7-20(26)22(29)25-19(21(28)24-14-18(27)13-23)12-15-8-9-16-5-2-3-6-17(16)11-15/h2-3,5-6,8-9,11,18-20,27H,4,7,10,12-14,23H2,1H3,(H,24,28)(H,25,29). The summed E-state index contributed by atoms with van der Waals surface area (Å²) in [5.41, 5.74) is 6.37. The molecule has 1 saturated heterocycles. The Balaban J connectivity index is 1.74. The summed E-state index contributed by atoms with van der Waals surface area (Å²) in [5, 5.41) is 17.5. The Labute approximate surface area is 171 Å². The van der Waals surface area contributed by atoms with Gasteiger partial charge < -0.3 is 21.5 Å². The summed E-state index contributed by atoms with van der Waals surface area (Å²) >= 11 is 0. The minimum atomic E-state index is -0.808. The molecule has 7 heteroatoms. The lowest BCUT2D eigenvalue weighted by atomic mass is 10.0. The summed E-state index contributed by atoms with van der Waals surface area (Å²) in [4.78, 5) is 27.5. The topological polar surface area (TPSA) is 108 Å². The van der Waals surface area contributed by atoms with Gasteiger partial charge in [0.05, 0.1) is 12.1 Å². The van der Waals surface area contributed by atoms with Gasteiger partial charge in [-0.05, 0) is 42.8 Å². The molecular formula is C22H30N4O3. The monoisotopic (exact) mass is 398 g/mol. The largest absolute Gasteiger partial charge is 0.390 e. The van der Waals surface area contributed by atoms with Crippen LogP contribution in [-0.2, 0) is 16.0 Å². The molecule has 1 heterocycles. The van der Waals surface area contributed by atoms with Crippen LogP contribution in [0, 0.1) is 0 Å². The predicted molar refractivity (Wildman–Crippen MR) is 113 cm³/mol. The van der Waals surface area contributed by atoms with Gasteiger partial charge in [0, 0.05) is 19.5 Å². The fraction of sp³-hybridized carbons (Fsp3) is 0.455. The molecule has 3 rings (SSSR count). The average Bonchev–Trinajstić information content (AvgIpc) is 3.17. The molecular weight excluding hydrogens is 368 g/mol. The second kappa shape index (κ2) is 9.82. The van der Waals surface area contributed by atoms with Crippen LogP contribution in [0.3, 0.4) is 0 Å². The molecule has 3 atom stereocenters. The molecule has 7 nitrogen and oxygen atoms in total. The number of carbonyl (C=O) groups excluding carboxylic acids is 2. The Morgan fingerprint density at radius 3 is 2.69 bits per heavy atom. The first kappa shape index (κ1) is 21.2. The SMILES string of the molecule is CN1CCCC1C(=O)NC(Cc1ccc2ccccc2c1)C(=O)NCC(O)CN. The van der Waals surface area contributed by atoms with Gasteiger partial charge in [-0.15, -0.1) is 0 Å². The highest BCUT2D eigenvalue weighted by Gasteiger charge is 2.31. The van der Waals surface area contributed by atoms with Crippen molar-refractivity contribution >= 4 is 22.6 Å². The van der Waals surface area contributed by atoms with E-state index in [0.717, 1.165) is 35.7 Å². The zero-order valence-electron chi connectivity index (χ0n) is 16.8. The van der Waals surface area contributed by atoms with E-state index >= 15 is 0 Å². The third-order valence-electron chi connectivity index (χ3n) is 5.49. The van der Waals surface area contributed by atoms with Crippen molar-refractivity contribution in [1.29, 1.82) is 0 Å². The van der Waals surface area contributed by atoms with Crippen molar-refractivity contribution in [2.24, 2.45) is 5.73 Å². The summed E-state index contributed by atoms with van der Waals surface area (Å²) in [6, 6.07) is 13.1. The molecule has 1 fully saturated rings. The molecule has 0 saturated carbocycles. The van der Waals surface area contributed by atoms with Crippen molar-refractivity contribution in [2.45, 2.75) is 37.5 Å². The summed E-state index contributed by atoms with van der Waals surface area (Å²) < 4.78 is 0. The Morgan fingerprint density at radius 1 is 1.24 bits per heavy atom. The number of aliphatic hydroxyl groups excluding tert-OH is 1. The second-order valence-corrected chi connectivity index (χ2v) is 7.72. The van der Waals surface area contributed by atoms with Crippen molar-refractivity contribution in [3.8, 4) is 0 Å². The van der Waals surface area contributed by atoms with Crippen LogP contribution in [0.15, 0.2) is 42.5 Å². The molecule has 0 aromatic heterocycles. The second-order valence-electron chi connectivity index (χ2n) is 7.72. The molecule has 1 aliphatic heterocycles. The van der Waals surface area contributed by atoms with Crippen LogP contribution in [0.2, 0.25) is 0 Å². The maximum Gasteiger partial charge on any atom is 0.243 e. The number of aliphatic hydroxyl groups is 1. The number of likely N-dealkylation sites (tertiary alicyclic amines) is 1. The first-order valence-electron chi connectivity index (χ1n) is 10.1. The number of nitrogens with two attached hydrogens (primary N) is 1. The van der Waals surface area contributed by atoms with Gasteiger partial charge in [0.25, 0.3) is 0 Å². The fourth-order valence-corrected chi connectivity index (χ4v) is 3.75. The first-order chi connectivity index (χ1) is 14.0. The number of benzene rings is 2. The van der Waals surface area contributed by atoms with Crippen LogP contribution in [0.4, 0.5) is 0 Å². The lowest BCUT2D eigenvalue weighted by Crippen LogP contribution is -2.53. The van der Waals surface area contributed by atoms with E-state index in [4.69, 9.17) is 5.73 Å². The summed E-state index contributed by atoms with van der Waals surface area (Å²) in [6.07, 6.45) is 1.33. The molecule has 2 aromatic carbocycles. The third kappa shape index (κ3) is 5.53. The van der Waals surface area contributed by atoms with Crippen molar-refractivity contribution in [3.05, 3.63) is 48.0 Å². The van der Waals surface area contributed by atoms with E-state index in [2.05, 4.69) is 10.6 Å². The zero-order valence-corrected chi connectivity index (χ0v) is 16.8.